The second-order valence-electron chi connectivity index (χ2n) is 7.31. The molecular formula is C23H21ClF2N2O2S. The number of ether oxygens (including phenoxy) is 1. The standard InChI is InChI=1S/C23H21ClF2N2O2S/c24-18-4-3-6-19(25)17(18)13-27-8-10-28(11-9-27)23(29)22-12-16(15-31-22)14-30-21-7-2-1-5-20(21)26/h1-7,12,15H,8-11,13-14H2. The molecule has 0 unspecified atom stereocenters. The number of carbonyl (C=O) groups excluding carboxylic acids is 1. The number of thiophene rings is 1. The first-order chi connectivity index (χ1) is 15.0. The van der Waals surface area contributed by atoms with Gasteiger partial charge in [-0.2, -0.15) is 0 Å². The zero-order chi connectivity index (χ0) is 21.8. The van der Waals surface area contributed by atoms with Gasteiger partial charge >= 0.3 is 0 Å². The van der Waals surface area contributed by atoms with Gasteiger partial charge in [0.25, 0.3) is 5.91 Å². The number of piperazine rings is 1. The van der Waals surface area contributed by atoms with E-state index in [1.54, 1.807) is 41.3 Å². The minimum absolute atomic E-state index is 0.0364. The number of rotatable bonds is 6. The van der Waals surface area contributed by atoms with Crippen molar-refractivity contribution in [3.05, 3.63) is 86.6 Å². The van der Waals surface area contributed by atoms with Crippen molar-refractivity contribution in [1.82, 2.24) is 9.80 Å². The highest BCUT2D eigenvalue weighted by Crippen LogP contribution is 2.23. The van der Waals surface area contributed by atoms with E-state index < -0.39 is 5.82 Å². The van der Waals surface area contributed by atoms with Crippen LogP contribution in [-0.2, 0) is 13.2 Å². The van der Waals surface area contributed by atoms with E-state index in [0.717, 1.165) is 5.56 Å². The van der Waals surface area contributed by atoms with Crippen LogP contribution in [0.1, 0.15) is 20.8 Å². The van der Waals surface area contributed by atoms with E-state index in [9.17, 15) is 13.6 Å². The molecule has 2 heterocycles. The molecule has 1 amide bonds. The average molecular weight is 463 g/mol. The third kappa shape index (κ3) is 5.23. The van der Waals surface area contributed by atoms with Crippen LogP contribution in [-0.4, -0.2) is 41.9 Å². The summed E-state index contributed by atoms with van der Waals surface area (Å²) >= 11 is 7.48. The van der Waals surface area contributed by atoms with Gasteiger partial charge in [-0.25, -0.2) is 8.78 Å². The highest BCUT2D eigenvalue weighted by Gasteiger charge is 2.24. The van der Waals surface area contributed by atoms with Gasteiger partial charge in [0.15, 0.2) is 11.6 Å². The van der Waals surface area contributed by atoms with Gasteiger partial charge in [-0.3, -0.25) is 9.69 Å². The van der Waals surface area contributed by atoms with Crippen LogP contribution in [0.15, 0.2) is 53.9 Å². The monoisotopic (exact) mass is 462 g/mol. The summed E-state index contributed by atoms with van der Waals surface area (Å²) < 4.78 is 33.2. The average Bonchev–Trinajstić information content (AvgIpc) is 3.25. The van der Waals surface area contributed by atoms with Crippen molar-refractivity contribution in [3.63, 3.8) is 0 Å². The van der Waals surface area contributed by atoms with E-state index in [0.29, 0.717) is 48.2 Å². The third-order valence-electron chi connectivity index (χ3n) is 5.20. The largest absolute Gasteiger partial charge is 0.486 e. The summed E-state index contributed by atoms with van der Waals surface area (Å²) in [5, 5.41) is 2.27. The summed E-state index contributed by atoms with van der Waals surface area (Å²) in [6, 6.07) is 12.7. The Labute approximate surface area is 188 Å². The van der Waals surface area contributed by atoms with Crippen LogP contribution >= 0.6 is 22.9 Å². The molecule has 0 spiro atoms. The molecule has 1 saturated heterocycles. The van der Waals surface area contributed by atoms with Crippen LogP contribution in [0.5, 0.6) is 5.75 Å². The first-order valence-corrected chi connectivity index (χ1v) is 11.2. The number of carbonyl (C=O) groups is 1. The second kappa shape index (κ2) is 9.77. The molecule has 0 atom stereocenters. The summed E-state index contributed by atoms with van der Waals surface area (Å²) in [6.07, 6.45) is 0. The Kier molecular flexibility index (Phi) is 6.85. The quantitative estimate of drug-likeness (QED) is 0.503. The van der Waals surface area contributed by atoms with E-state index in [4.69, 9.17) is 16.3 Å². The Balaban J connectivity index is 1.30. The van der Waals surface area contributed by atoms with Gasteiger partial charge in [0, 0.05) is 48.9 Å². The molecule has 1 aliphatic rings. The van der Waals surface area contributed by atoms with Crippen molar-refractivity contribution in [3.8, 4) is 5.75 Å². The molecule has 3 aromatic rings. The molecule has 1 aliphatic heterocycles. The number of hydrogen-bond acceptors (Lipinski definition) is 4. The SMILES string of the molecule is O=C(c1cc(COc2ccccc2F)cs1)N1CCN(Cc2c(F)cccc2Cl)CC1. The summed E-state index contributed by atoms with van der Waals surface area (Å²) in [4.78, 5) is 17.4. The van der Waals surface area contributed by atoms with Gasteiger partial charge in [-0.1, -0.05) is 29.8 Å². The minimum Gasteiger partial charge on any atom is -0.486 e. The van der Waals surface area contributed by atoms with E-state index in [1.807, 2.05) is 5.38 Å². The number of amides is 1. The first kappa shape index (κ1) is 21.7. The Hall–Kier alpha value is -2.48. The number of nitrogens with zero attached hydrogens (tertiary/aromatic N) is 2. The molecule has 1 fully saturated rings. The van der Waals surface area contributed by atoms with Gasteiger partial charge in [-0.15, -0.1) is 11.3 Å². The normalized spacial score (nSPS) is 14.6. The topological polar surface area (TPSA) is 32.8 Å². The van der Waals surface area contributed by atoms with Crippen molar-refractivity contribution in [2.75, 3.05) is 26.2 Å². The molecule has 31 heavy (non-hydrogen) atoms. The second-order valence-corrected chi connectivity index (χ2v) is 8.63. The molecule has 0 bridgehead atoms. The van der Waals surface area contributed by atoms with Crippen LogP contribution in [0.4, 0.5) is 8.78 Å². The fourth-order valence-corrected chi connectivity index (χ4v) is 4.54. The molecular weight excluding hydrogens is 442 g/mol. The van der Waals surface area contributed by atoms with Crippen LogP contribution in [0.25, 0.3) is 0 Å². The van der Waals surface area contributed by atoms with Gasteiger partial charge in [-0.05, 0) is 35.7 Å². The van der Waals surface area contributed by atoms with Crippen LogP contribution in [0.3, 0.4) is 0 Å². The lowest BCUT2D eigenvalue weighted by Gasteiger charge is -2.34. The number of hydrogen-bond donors (Lipinski definition) is 0. The Morgan fingerprint density at radius 1 is 1.03 bits per heavy atom. The molecule has 8 heteroatoms. The molecule has 1 aromatic heterocycles. The third-order valence-corrected chi connectivity index (χ3v) is 6.52. The Morgan fingerprint density at radius 3 is 2.52 bits per heavy atom. The molecule has 4 nitrogen and oxygen atoms in total. The zero-order valence-corrected chi connectivity index (χ0v) is 18.3. The molecule has 4 rings (SSSR count). The highest BCUT2D eigenvalue weighted by molar-refractivity contribution is 7.12. The van der Waals surface area contributed by atoms with Gasteiger partial charge in [0.1, 0.15) is 12.4 Å². The molecule has 2 aromatic carbocycles. The van der Waals surface area contributed by atoms with Crippen LogP contribution in [0.2, 0.25) is 5.02 Å². The predicted octanol–water partition coefficient (Wildman–Crippen LogP) is 5.22. The maximum absolute atomic E-state index is 14.0. The van der Waals surface area contributed by atoms with E-state index in [-0.39, 0.29) is 24.1 Å². The lowest BCUT2D eigenvalue weighted by molar-refractivity contribution is 0.0631. The number of benzene rings is 2. The van der Waals surface area contributed by atoms with E-state index in [2.05, 4.69) is 4.90 Å². The lowest BCUT2D eigenvalue weighted by atomic mass is 10.1. The first-order valence-electron chi connectivity index (χ1n) is 9.90. The van der Waals surface area contributed by atoms with Crippen molar-refractivity contribution in [2.45, 2.75) is 13.2 Å². The van der Waals surface area contributed by atoms with E-state index >= 15 is 0 Å². The summed E-state index contributed by atoms with van der Waals surface area (Å²) in [7, 11) is 0. The predicted molar refractivity (Wildman–Crippen MR) is 118 cm³/mol. The van der Waals surface area contributed by atoms with Gasteiger partial charge in [0.2, 0.25) is 0 Å². The van der Waals surface area contributed by atoms with E-state index in [1.165, 1.54) is 23.5 Å². The van der Waals surface area contributed by atoms with Crippen molar-refractivity contribution < 1.29 is 18.3 Å². The molecule has 0 aliphatic carbocycles. The number of para-hydroxylation sites is 1. The maximum Gasteiger partial charge on any atom is 0.264 e. The molecule has 0 saturated carbocycles. The van der Waals surface area contributed by atoms with Crippen molar-refractivity contribution in [1.29, 1.82) is 0 Å². The highest BCUT2D eigenvalue weighted by atomic mass is 35.5. The Morgan fingerprint density at radius 2 is 1.77 bits per heavy atom. The number of halogens is 3. The van der Waals surface area contributed by atoms with Crippen LogP contribution in [0, 0.1) is 11.6 Å². The molecule has 0 N–H and O–H groups in total. The van der Waals surface area contributed by atoms with Gasteiger partial charge in [0.05, 0.1) is 4.88 Å². The fourth-order valence-electron chi connectivity index (χ4n) is 3.46. The van der Waals surface area contributed by atoms with Crippen LogP contribution < -0.4 is 4.74 Å². The zero-order valence-electron chi connectivity index (χ0n) is 16.7. The lowest BCUT2D eigenvalue weighted by Crippen LogP contribution is -2.48. The smallest absolute Gasteiger partial charge is 0.264 e. The summed E-state index contributed by atoms with van der Waals surface area (Å²) in [6.45, 7) is 3.02. The Bertz CT molecular complexity index is 1050. The van der Waals surface area contributed by atoms with Gasteiger partial charge < -0.3 is 9.64 Å². The minimum atomic E-state index is -0.413. The molecule has 162 valence electrons. The fraction of sp³-hybridized carbons (Fsp3) is 0.261. The maximum atomic E-state index is 14.0. The summed E-state index contributed by atoms with van der Waals surface area (Å²) in [5.74, 6) is -0.573. The van der Waals surface area contributed by atoms with Crippen molar-refractivity contribution >= 4 is 28.8 Å². The summed E-state index contributed by atoms with van der Waals surface area (Å²) in [5.41, 5.74) is 1.31. The molecule has 0 radical (unpaired) electrons. The van der Waals surface area contributed by atoms with Crippen molar-refractivity contribution in [2.24, 2.45) is 0 Å².